The van der Waals surface area contributed by atoms with Crippen LogP contribution in [0.5, 0.6) is 0 Å². The van der Waals surface area contributed by atoms with Crippen molar-refractivity contribution in [1.82, 2.24) is 0 Å². The third kappa shape index (κ3) is 5.05. The van der Waals surface area contributed by atoms with Gasteiger partial charge in [-0.05, 0) is 29.3 Å². The summed E-state index contributed by atoms with van der Waals surface area (Å²) in [6.07, 6.45) is 0.516. The maximum atomic E-state index is 12.3. The molecule has 3 aromatic rings. The summed E-state index contributed by atoms with van der Waals surface area (Å²) in [7, 11) is 0. The first-order valence-corrected chi connectivity index (χ1v) is 9.33. The Hall–Kier alpha value is -4.06. The SMILES string of the molecule is O=CC(=O)N(Cc1ccccc1)c1cccc(N(Cc2ccccc2)C(=O)C=O)c1. The van der Waals surface area contributed by atoms with Crippen molar-refractivity contribution >= 4 is 35.8 Å². The molecule has 0 N–H and O–H groups in total. The number of benzene rings is 3. The highest BCUT2D eigenvalue weighted by molar-refractivity contribution is 6.31. The van der Waals surface area contributed by atoms with Crippen molar-refractivity contribution in [3.63, 3.8) is 0 Å². The zero-order chi connectivity index (χ0) is 21.3. The molecule has 0 spiro atoms. The summed E-state index contributed by atoms with van der Waals surface area (Å²) in [5.74, 6) is -1.40. The summed E-state index contributed by atoms with van der Waals surface area (Å²) >= 11 is 0. The Labute approximate surface area is 174 Å². The fourth-order valence-electron chi connectivity index (χ4n) is 3.08. The second-order valence-electron chi connectivity index (χ2n) is 6.58. The number of hydrogen-bond acceptors (Lipinski definition) is 4. The van der Waals surface area contributed by atoms with E-state index in [1.165, 1.54) is 9.80 Å². The van der Waals surface area contributed by atoms with Crippen LogP contribution in [0.1, 0.15) is 11.1 Å². The molecule has 0 fully saturated rings. The third-order valence-corrected chi connectivity index (χ3v) is 4.55. The first-order chi connectivity index (χ1) is 14.6. The highest BCUT2D eigenvalue weighted by Gasteiger charge is 2.20. The van der Waals surface area contributed by atoms with Crippen molar-refractivity contribution in [1.29, 1.82) is 0 Å². The highest BCUT2D eigenvalue weighted by atomic mass is 16.2. The minimum Gasteiger partial charge on any atom is -0.302 e. The molecule has 0 radical (unpaired) electrons. The number of aldehydes is 2. The summed E-state index contributed by atoms with van der Waals surface area (Å²) in [6.45, 7) is 0.393. The van der Waals surface area contributed by atoms with Gasteiger partial charge in [-0.25, -0.2) is 0 Å². The highest BCUT2D eigenvalue weighted by Crippen LogP contribution is 2.25. The zero-order valence-corrected chi connectivity index (χ0v) is 16.2. The lowest BCUT2D eigenvalue weighted by molar-refractivity contribution is -0.129. The quantitative estimate of drug-likeness (QED) is 0.430. The molecule has 150 valence electrons. The molecule has 0 aliphatic carbocycles. The summed E-state index contributed by atoms with van der Waals surface area (Å²) in [6, 6.07) is 25.2. The van der Waals surface area contributed by atoms with Crippen LogP contribution in [-0.2, 0) is 32.3 Å². The van der Waals surface area contributed by atoms with Crippen LogP contribution < -0.4 is 9.80 Å². The van der Waals surface area contributed by atoms with Crippen molar-refractivity contribution in [2.24, 2.45) is 0 Å². The number of hydrogen-bond donors (Lipinski definition) is 0. The largest absolute Gasteiger partial charge is 0.302 e. The molecule has 0 atom stereocenters. The van der Waals surface area contributed by atoms with Gasteiger partial charge in [0.25, 0.3) is 11.8 Å². The van der Waals surface area contributed by atoms with Gasteiger partial charge in [-0.15, -0.1) is 0 Å². The van der Waals surface area contributed by atoms with E-state index in [-0.39, 0.29) is 25.7 Å². The van der Waals surface area contributed by atoms with Crippen LogP contribution in [0.25, 0.3) is 0 Å². The molecule has 0 bridgehead atoms. The third-order valence-electron chi connectivity index (χ3n) is 4.55. The summed E-state index contributed by atoms with van der Waals surface area (Å²) in [4.78, 5) is 49.7. The van der Waals surface area contributed by atoms with Crippen LogP contribution in [-0.4, -0.2) is 24.4 Å². The number of carbonyl (C=O) groups is 4. The minimum absolute atomic E-state index is 0.197. The lowest BCUT2D eigenvalue weighted by atomic mass is 10.1. The smallest absolute Gasteiger partial charge is 0.291 e. The normalized spacial score (nSPS) is 10.1. The van der Waals surface area contributed by atoms with E-state index in [9.17, 15) is 19.2 Å². The molecule has 0 unspecified atom stereocenters. The standard InChI is InChI=1S/C24H20N2O4/c27-17-23(29)25(15-19-8-3-1-4-9-19)21-12-7-13-22(14-21)26(24(30)18-28)16-20-10-5-2-6-11-20/h1-14,17-18H,15-16H2. The maximum absolute atomic E-state index is 12.3. The fourth-order valence-corrected chi connectivity index (χ4v) is 3.08. The molecule has 6 heteroatoms. The van der Waals surface area contributed by atoms with E-state index in [0.717, 1.165) is 11.1 Å². The van der Waals surface area contributed by atoms with Gasteiger partial charge in [0.2, 0.25) is 12.6 Å². The van der Waals surface area contributed by atoms with E-state index in [0.29, 0.717) is 11.4 Å². The monoisotopic (exact) mass is 400 g/mol. The van der Waals surface area contributed by atoms with Gasteiger partial charge in [-0.1, -0.05) is 66.7 Å². The Bertz CT molecular complexity index is 955. The number of carbonyl (C=O) groups excluding carboxylic acids is 4. The van der Waals surface area contributed by atoms with E-state index < -0.39 is 11.8 Å². The van der Waals surface area contributed by atoms with E-state index in [2.05, 4.69) is 0 Å². The predicted molar refractivity (Wildman–Crippen MR) is 114 cm³/mol. The molecule has 3 rings (SSSR count). The van der Waals surface area contributed by atoms with Gasteiger partial charge in [-0.3, -0.25) is 19.2 Å². The number of nitrogens with zero attached hydrogens (tertiary/aromatic N) is 2. The lowest BCUT2D eigenvalue weighted by Gasteiger charge is -2.25. The van der Waals surface area contributed by atoms with Gasteiger partial charge < -0.3 is 9.80 Å². The average Bonchev–Trinajstić information content (AvgIpc) is 2.81. The van der Waals surface area contributed by atoms with Gasteiger partial charge >= 0.3 is 0 Å². The summed E-state index contributed by atoms with van der Waals surface area (Å²) in [5, 5.41) is 0. The van der Waals surface area contributed by atoms with E-state index in [1.54, 1.807) is 24.3 Å². The first kappa shape index (κ1) is 20.7. The molecular weight excluding hydrogens is 380 g/mol. The second kappa shape index (κ2) is 9.93. The Morgan fingerprint density at radius 2 is 1.00 bits per heavy atom. The number of rotatable bonds is 8. The molecule has 0 heterocycles. The van der Waals surface area contributed by atoms with Gasteiger partial charge in [0.05, 0.1) is 13.1 Å². The second-order valence-corrected chi connectivity index (χ2v) is 6.58. The Morgan fingerprint density at radius 1 is 0.600 bits per heavy atom. The van der Waals surface area contributed by atoms with Crippen molar-refractivity contribution in [3.05, 3.63) is 96.1 Å². The van der Waals surface area contributed by atoms with Crippen LogP contribution in [0.2, 0.25) is 0 Å². The molecule has 30 heavy (non-hydrogen) atoms. The summed E-state index contributed by atoms with van der Waals surface area (Å²) < 4.78 is 0. The van der Waals surface area contributed by atoms with E-state index >= 15 is 0 Å². The van der Waals surface area contributed by atoms with Crippen molar-refractivity contribution < 1.29 is 19.2 Å². The number of amides is 2. The topological polar surface area (TPSA) is 74.8 Å². The van der Waals surface area contributed by atoms with E-state index in [4.69, 9.17) is 0 Å². The van der Waals surface area contributed by atoms with Gasteiger partial charge in [-0.2, -0.15) is 0 Å². The molecule has 3 aromatic carbocycles. The van der Waals surface area contributed by atoms with Crippen LogP contribution in [0.3, 0.4) is 0 Å². The fraction of sp³-hybridized carbons (Fsp3) is 0.0833. The van der Waals surface area contributed by atoms with Crippen molar-refractivity contribution in [2.75, 3.05) is 9.80 Å². The first-order valence-electron chi connectivity index (χ1n) is 9.33. The van der Waals surface area contributed by atoms with Crippen LogP contribution in [0.4, 0.5) is 11.4 Å². The van der Waals surface area contributed by atoms with Gasteiger partial charge in [0.15, 0.2) is 0 Å². The van der Waals surface area contributed by atoms with Crippen molar-refractivity contribution in [3.8, 4) is 0 Å². The molecule has 0 aromatic heterocycles. The van der Waals surface area contributed by atoms with Gasteiger partial charge in [0, 0.05) is 11.4 Å². The Morgan fingerprint density at radius 3 is 1.37 bits per heavy atom. The molecule has 0 aliphatic heterocycles. The number of anilines is 2. The Balaban J connectivity index is 1.95. The minimum atomic E-state index is -0.702. The van der Waals surface area contributed by atoms with Crippen LogP contribution in [0, 0.1) is 0 Å². The molecular formula is C24H20N2O4. The average molecular weight is 400 g/mol. The van der Waals surface area contributed by atoms with E-state index in [1.807, 2.05) is 60.7 Å². The lowest BCUT2D eigenvalue weighted by Crippen LogP contribution is -2.33. The molecule has 6 nitrogen and oxygen atoms in total. The molecule has 2 amide bonds. The zero-order valence-electron chi connectivity index (χ0n) is 16.2. The molecule has 0 aliphatic rings. The molecule has 0 saturated carbocycles. The van der Waals surface area contributed by atoms with Gasteiger partial charge in [0.1, 0.15) is 0 Å². The summed E-state index contributed by atoms with van der Waals surface area (Å²) in [5.41, 5.74) is 2.60. The molecule has 0 saturated heterocycles. The van der Waals surface area contributed by atoms with Crippen LogP contribution >= 0.6 is 0 Å². The maximum Gasteiger partial charge on any atom is 0.291 e. The predicted octanol–water partition coefficient (Wildman–Crippen LogP) is 3.15. The van der Waals surface area contributed by atoms with Crippen LogP contribution in [0.15, 0.2) is 84.9 Å². The Kier molecular flexibility index (Phi) is 6.84. The van der Waals surface area contributed by atoms with Crippen molar-refractivity contribution in [2.45, 2.75) is 13.1 Å².